The van der Waals surface area contributed by atoms with E-state index >= 15 is 0 Å². The van der Waals surface area contributed by atoms with Gasteiger partial charge in [0.1, 0.15) is 9.75 Å². The summed E-state index contributed by atoms with van der Waals surface area (Å²) < 4.78 is -1.45. The Bertz CT molecular complexity index is 518. The minimum atomic E-state index is -1.45. The molecule has 7 atom stereocenters. The lowest BCUT2D eigenvalue weighted by atomic mass is 9.71. The predicted octanol–water partition coefficient (Wildman–Crippen LogP) is 4.47. The number of alkyl halides is 4. The highest BCUT2D eigenvalue weighted by Gasteiger charge is 2.86. The maximum atomic E-state index is 10.1. The number of halogens is 6. The topological polar surface area (TPSA) is 20.2 Å². The summed E-state index contributed by atoms with van der Waals surface area (Å²) in [4.78, 5) is -2.33. The fraction of sp³-hybridized carbons (Fsp3) is 0.833. The fourth-order valence-corrected chi connectivity index (χ4v) is 8.16. The van der Waals surface area contributed by atoms with Gasteiger partial charge in [-0.25, -0.2) is 0 Å². The number of fused-ring (bicyclic) bond motifs is 9. The molecule has 19 heavy (non-hydrogen) atoms. The van der Waals surface area contributed by atoms with Crippen LogP contribution in [-0.2, 0) is 0 Å². The number of allylic oxidation sites excluding steroid dienone is 2. The molecule has 0 aromatic carbocycles. The summed E-state index contributed by atoms with van der Waals surface area (Å²) in [6.07, 6.45) is 1.21. The summed E-state index contributed by atoms with van der Waals surface area (Å²) in [6.45, 7) is 0. The van der Waals surface area contributed by atoms with Crippen molar-refractivity contribution in [3.05, 3.63) is 10.1 Å². The zero-order valence-electron chi connectivity index (χ0n) is 9.52. The first-order chi connectivity index (χ1) is 8.69. The minimum Gasteiger partial charge on any atom is -0.393 e. The molecule has 4 aliphatic rings. The van der Waals surface area contributed by atoms with Gasteiger partial charge in [0.05, 0.1) is 16.2 Å². The Hall–Kier alpha value is 1.44. The normalized spacial score (nSPS) is 61.1. The van der Waals surface area contributed by atoms with Crippen molar-refractivity contribution in [1.29, 1.82) is 0 Å². The summed E-state index contributed by atoms with van der Waals surface area (Å²) in [5.41, 5.74) is 0. The third kappa shape index (κ3) is 1.16. The van der Waals surface area contributed by atoms with E-state index in [1.165, 1.54) is 0 Å². The summed E-state index contributed by atoms with van der Waals surface area (Å²) in [6, 6.07) is 0. The molecule has 4 rings (SSSR count). The second-order valence-corrected chi connectivity index (χ2v) is 9.42. The number of aliphatic hydroxyl groups is 1. The zero-order chi connectivity index (χ0) is 14.0. The van der Waals surface area contributed by atoms with Crippen molar-refractivity contribution >= 4 is 69.6 Å². The van der Waals surface area contributed by atoms with Gasteiger partial charge < -0.3 is 5.11 Å². The van der Waals surface area contributed by atoms with Gasteiger partial charge in [-0.3, -0.25) is 0 Å². The predicted molar refractivity (Wildman–Crippen MR) is 79.5 cm³/mol. The van der Waals surface area contributed by atoms with Gasteiger partial charge in [0.25, 0.3) is 0 Å². The fourth-order valence-electron chi connectivity index (χ4n) is 5.01. The molecule has 0 amide bonds. The van der Waals surface area contributed by atoms with E-state index in [4.69, 9.17) is 69.6 Å². The van der Waals surface area contributed by atoms with Gasteiger partial charge in [0, 0.05) is 0 Å². The standard InChI is InChI=1S/C12H10Cl6O/c13-8-9(14)11(16)7-4-1-3(2-5(4)19)6(7)10(8,15)12(11,17)18/h3-7,19H,1-2H2/t3-,4+,5+,6+,7-,10+,11-/m0/s1. The van der Waals surface area contributed by atoms with Gasteiger partial charge in [-0.05, 0) is 36.5 Å². The van der Waals surface area contributed by atoms with E-state index in [0.717, 1.165) is 6.42 Å². The number of hydrogen-bond donors (Lipinski definition) is 1. The smallest absolute Gasteiger partial charge is 0.166 e. The van der Waals surface area contributed by atoms with Crippen LogP contribution in [0.15, 0.2) is 10.1 Å². The highest BCUT2D eigenvalue weighted by molar-refractivity contribution is 6.65. The van der Waals surface area contributed by atoms with Crippen molar-refractivity contribution in [3.8, 4) is 0 Å². The molecule has 4 bridgehead atoms. The molecule has 1 nitrogen and oxygen atoms in total. The number of aliphatic hydroxyl groups excluding tert-OH is 1. The lowest BCUT2D eigenvalue weighted by Crippen LogP contribution is -2.46. The number of rotatable bonds is 0. The molecule has 0 heterocycles. The van der Waals surface area contributed by atoms with E-state index < -0.39 is 14.1 Å². The third-order valence-electron chi connectivity index (χ3n) is 5.63. The van der Waals surface area contributed by atoms with Gasteiger partial charge >= 0.3 is 0 Å². The first kappa shape index (κ1) is 14.1. The van der Waals surface area contributed by atoms with E-state index in [9.17, 15) is 5.11 Å². The van der Waals surface area contributed by atoms with Crippen LogP contribution in [0.25, 0.3) is 0 Å². The Morgan fingerprint density at radius 3 is 2.00 bits per heavy atom. The largest absolute Gasteiger partial charge is 0.393 e. The van der Waals surface area contributed by atoms with Gasteiger partial charge in [-0.15, -0.1) is 23.2 Å². The van der Waals surface area contributed by atoms with Crippen molar-refractivity contribution in [2.45, 2.75) is 33.0 Å². The van der Waals surface area contributed by atoms with Crippen LogP contribution in [0.1, 0.15) is 12.8 Å². The molecule has 0 aliphatic heterocycles. The van der Waals surface area contributed by atoms with Crippen molar-refractivity contribution in [2.75, 3.05) is 0 Å². The van der Waals surface area contributed by atoms with E-state index in [2.05, 4.69) is 0 Å². The summed E-state index contributed by atoms with van der Waals surface area (Å²) in [5, 5.41) is 10.7. The highest BCUT2D eigenvalue weighted by atomic mass is 35.5. The summed E-state index contributed by atoms with van der Waals surface area (Å²) in [7, 11) is 0. The van der Waals surface area contributed by atoms with Crippen LogP contribution >= 0.6 is 69.6 Å². The monoisotopic (exact) mass is 380 g/mol. The van der Waals surface area contributed by atoms with Crippen LogP contribution in [0.2, 0.25) is 0 Å². The number of hydrogen-bond acceptors (Lipinski definition) is 1. The molecular weight excluding hydrogens is 373 g/mol. The molecule has 7 heteroatoms. The molecule has 0 aromatic heterocycles. The summed E-state index contributed by atoms with van der Waals surface area (Å²) in [5.74, 6) is 0.150. The molecule has 0 radical (unpaired) electrons. The molecule has 0 saturated heterocycles. The van der Waals surface area contributed by atoms with Gasteiger partial charge in [0.2, 0.25) is 0 Å². The molecule has 106 valence electrons. The van der Waals surface area contributed by atoms with E-state index in [1.807, 2.05) is 0 Å². The van der Waals surface area contributed by atoms with Crippen molar-refractivity contribution < 1.29 is 5.11 Å². The molecular formula is C12H10Cl6O. The molecule has 1 N–H and O–H groups in total. The Labute approximate surface area is 141 Å². The van der Waals surface area contributed by atoms with E-state index in [0.29, 0.717) is 6.42 Å². The second kappa shape index (κ2) is 3.67. The maximum absolute atomic E-state index is 10.1. The molecule has 3 fully saturated rings. The lowest BCUT2D eigenvalue weighted by molar-refractivity contribution is 0.0530. The first-order valence-corrected chi connectivity index (χ1v) is 8.45. The van der Waals surface area contributed by atoms with Crippen molar-refractivity contribution in [3.63, 3.8) is 0 Å². The Morgan fingerprint density at radius 1 is 0.895 bits per heavy atom. The van der Waals surface area contributed by atoms with E-state index in [-0.39, 0.29) is 39.8 Å². The van der Waals surface area contributed by atoms with Crippen LogP contribution in [0, 0.1) is 23.7 Å². The van der Waals surface area contributed by atoms with Crippen LogP contribution < -0.4 is 0 Å². The van der Waals surface area contributed by atoms with Crippen molar-refractivity contribution in [2.24, 2.45) is 23.7 Å². The maximum Gasteiger partial charge on any atom is 0.166 e. The zero-order valence-corrected chi connectivity index (χ0v) is 14.1. The Balaban J connectivity index is 1.99. The van der Waals surface area contributed by atoms with Gasteiger partial charge in [0.15, 0.2) is 4.33 Å². The molecule has 0 aromatic rings. The average Bonchev–Trinajstić information content (AvgIpc) is 2.95. The summed E-state index contributed by atoms with van der Waals surface area (Å²) >= 11 is 39.2. The van der Waals surface area contributed by atoms with Crippen LogP contribution in [0.3, 0.4) is 0 Å². The quantitative estimate of drug-likeness (QED) is 0.484. The van der Waals surface area contributed by atoms with Gasteiger partial charge in [-0.1, -0.05) is 46.4 Å². The van der Waals surface area contributed by atoms with E-state index in [1.54, 1.807) is 0 Å². The second-order valence-electron chi connectivity index (χ2n) is 6.14. The Morgan fingerprint density at radius 2 is 1.42 bits per heavy atom. The van der Waals surface area contributed by atoms with Crippen LogP contribution in [0.5, 0.6) is 0 Å². The lowest BCUT2D eigenvalue weighted by Gasteiger charge is -2.41. The van der Waals surface area contributed by atoms with Crippen LogP contribution in [-0.4, -0.2) is 25.3 Å². The average molecular weight is 383 g/mol. The Kier molecular flexibility index (Phi) is 2.72. The van der Waals surface area contributed by atoms with Crippen LogP contribution in [0.4, 0.5) is 0 Å². The SMILES string of the molecule is O[C@@H]1C[C@@H]2C[C@H]1[C@H]1[C@@H]2[C@@]2(Cl)C(Cl)=C(Cl)[C@]1(Cl)C2(Cl)Cl. The molecule has 0 spiro atoms. The molecule has 4 aliphatic carbocycles. The van der Waals surface area contributed by atoms with Crippen molar-refractivity contribution in [1.82, 2.24) is 0 Å². The minimum absolute atomic E-state index is 0.0231. The third-order valence-corrected chi connectivity index (χ3v) is 9.93. The highest BCUT2D eigenvalue weighted by Crippen LogP contribution is 2.82. The van der Waals surface area contributed by atoms with Gasteiger partial charge in [-0.2, -0.15) is 0 Å². The molecule has 3 saturated carbocycles. The molecule has 0 unspecified atom stereocenters. The first-order valence-electron chi connectivity index (χ1n) is 6.19.